The van der Waals surface area contributed by atoms with Gasteiger partial charge in [-0.3, -0.25) is 10.1 Å². The van der Waals surface area contributed by atoms with Crippen LogP contribution in [0.5, 0.6) is 0 Å². The molecule has 2 N–H and O–H groups in total. The average molecular weight is 291 g/mol. The number of aryl methyl sites for hydroxylation is 1. The highest BCUT2D eigenvalue weighted by atomic mass is 32.1. The fourth-order valence-corrected chi connectivity index (χ4v) is 2.00. The molecule has 1 aromatic heterocycles. The van der Waals surface area contributed by atoms with Crippen LogP contribution in [0.4, 0.5) is 9.52 Å². The van der Waals surface area contributed by atoms with Crippen molar-refractivity contribution in [2.45, 2.75) is 6.92 Å². The number of anilines is 1. The van der Waals surface area contributed by atoms with E-state index in [1.165, 1.54) is 23.5 Å². The standard InChI is InChI=1S/C13H10FN3O2S/c1-8-16-17-13(20-8)15-12(19)10-5-4-9(3-2-6-18)11(14)7-10/h4-5,7,18H,6H2,1H3,(H,15,17,19). The largest absolute Gasteiger partial charge is 0.384 e. The Labute approximate surface area is 118 Å². The van der Waals surface area contributed by atoms with Gasteiger partial charge in [-0.1, -0.05) is 23.2 Å². The first kappa shape index (κ1) is 14.1. The molecule has 0 bridgehead atoms. The fraction of sp³-hybridized carbons (Fsp3) is 0.154. The van der Waals surface area contributed by atoms with Gasteiger partial charge >= 0.3 is 0 Å². The minimum absolute atomic E-state index is 0.127. The summed E-state index contributed by atoms with van der Waals surface area (Å²) in [6.45, 7) is 1.42. The van der Waals surface area contributed by atoms with Crippen molar-refractivity contribution in [1.82, 2.24) is 10.2 Å². The van der Waals surface area contributed by atoms with Gasteiger partial charge in [0.2, 0.25) is 5.13 Å². The summed E-state index contributed by atoms with van der Waals surface area (Å²) in [6.07, 6.45) is 0. The van der Waals surface area contributed by atoms with E-state index in [1.54, 1.807) is 6.92 Å². The second kappa shape index (κ2) is 6.23. The number of aliphatic hydroxyl groups is 1. The van der Waals surface area contributed by atoms with Gasteiger partial charge < -0.3 is 5.11 Å². The first-order chi connectivity index (χ1) is 9.60. The number of hydrogen-bond donors (Lipinski definition) is 2. The maximum atomic E-state index is 13.7. The molecule has 0 aliphatic carbocycles. The quantitative estimate of drug-likeness (QED) is 0.824. The molecule has 5 nitrogen and oxygen atoms in total. The number of benzene rings is 1. The van der Waals surface area contributed by atoms with Crippen LogP contribution in [-0.2, 0) is 0 Å². The molecule has 1 heterocycles. The zero-order valence-corrected chi connectivity index (χ0v) is 11.3. The molecule has 0 radical (unpaired) electrons. The Morgan fingerprint density at radius 2 is 2.30 bits per heavy atom. The normalized spacial score (nSPS) is 9.75. The van der Waals surface area contributed by atoms with E-state index in [0.29, 0.717) is 5.13 Å². The molecule has 0 spiro atoms. The summed E-state index contributed by atoms with van der Waals surface area (Å²) >= 11 is 1.23. The van der Waals surface area contributed by atoms with Gasteiger partial charge in [0.1, 0.15) is 17.4 Å². The van der Waals surface area contributed by atoms with Gasteiger partial charge in [-0.25, -0.2) is 4.39 Å². The van der Waals surface area contributed by atoms with Gasteiger partial charge in [-0.05, 0) is 25.1 Å². The van der Waals surface area contributed by atoms with Crippen LogP contribution in [0.2, 0.25) is 0 Å². The number of aromatic nitrogens is 2. The number of carbonyl (C=O) groups is 1. The number of carbonyl (C=O) groups excluding carboxylic acids is 1. The molecule has 102 valence electrons. The van der Waals surface area contributed by atoms with Crippen LogP contribution in [0.3, 0.4) is 0 Å². The van der Waals surface area contributed by atoms with Gasteiger partial charge in [-0.15, -0.1) is 10.2 Å². The molecule has 7 heteroatoms. The number of nitrogens with one attached hydrogen (secondary N) is 1. The lowest BCUT2D eigenvalue weighted by atomic mass is 10.1. The van der Waals surface area contributed by atoms with Gasteiger partial charge in [0.05, 0.1) is 5.56 Å². The van der Waals surface area contributed by atoms with E-state index in [2.05, 4.69) is 27.4 Å². The highest BCUT2D eigenvalue weighted by Crippen LogP contribution is 2.16. The maximum absolute atomic E-state index is 13.7. The van der Waals surface area contributed by atoms with Crippen molar-refractivity contribution in [3.8, 4) is 11.8 Å². The van der Waals surface area contributed by atoms with Gasteiger partial charge in [-0.2, -0.15) is 0 Å². The van der Waals surface area contributed by atoms with Crippen LogP contribution in [0, 0.1) is 24.6 Å². The lowest BCUT2D eigenvalue weighted by molar-refractivity contribution is 0.102. The van der Waals surface area contributed by atoms with Crippen molar-refractivity contribution in [2.24, 2.45) is 0 Å². The molecular weight excluding hydrogens is 281 g/mol. The second-order valence-electron chi connectivity index (χ2n) is 3.73. The molecule has 1 aromatic carbocycles. The molecule has 2 rings (SSSR count). The Balaban J connectivity index is 2.16. The van der Waals surface area contributed by atoms with Crippen LogP contribution in [0.25, 0.3) is 0 Å². The van der Waals surface area contributed by atoms with Crippen LogP contribution >= 0.6 is 11.3 Å². The lowest BCUT2D eigenvalue weighted by Crippen LogP contribution is -2.12. The van der Waals surface area contributed by atoms with Crippen LogP contribution in [0.15, 0.2) is 18.2 Å². The number of rotatable bonds is 2. The summed E-state index contributed by atoms with van der Waals surface area (Å²) in [5, 5.41) is 19.7. The van der Waals surface area contributed by atoms with Crippen molar-refractivity contribution >= 4 is 22.4 Å². The molecule has 0 aliphatic rings. The van der Waals surface area contributed by atoms with Crippen molar-refractivity contribution in [3.63, 3.8) is 0 Å². The summed E-state index contributed by atoms with van der Waals surface area (Å²) in [7, 11) is 0. The fourth-order valence-electron chi connectivity index (χ4n) is 1.41. The van der Waals surface area contributed by atoms with Crippen molar-refractivity contribution in [1.29, 1.82) is 0 Å². The van der Waals surface area contributed by atoms with Crippen molar-refractivity contribution in [2.75, 3.05) is 11.9 Å². The van der Waals surface area contributed by atoms with Crippen LogP contribution < -0.4 is 5.32 Å². The summed E-state index contributed by atoms with van der Waals surface area (Å²) in [4.78, 5) is 11.9. The van der Waals surface area contributed by atoms with Gasteiger partial charge in [0.15, 0.2) is 0 Å². The molecule has 0 fully saturated rings. The topological polar surface area (TPSA) is 75.1 Å². The summed E-state index contributed by atoms with van der Waals surface area (Å²) in [5.41, 5.74) is 0.285. The molecule has 0 saturated carbocycles. The summed E-state index contributed by atoms with van der Waals surface area (Å²) < 4.78 is 13.7. The minimum atomic E-state index is -0.618. The van der Waals surface area contributed by atoms with E-state index in [0.717, 1.165) is 11.1 Å². The Morgan fingerprint density at radius 3 is 2.90 bits per heavy atom. The van der Waals surface area contributed by atoms with Gasteiger partial charge in [0.25, 0.3) is 5.91 Å². The van der Waals surface area contributed by atoms with Crippen LogP contribution in [0.1, 0.15) is 20.9 Å². The molecule has 0 aliphatic heterocycles. The van der Waals surface area contributed by atoms with Gasteiger partial charge in [0, 0.05) is 5.56 Å². The third kappa shape index (κ3) is 3.38. The molecule has 0 unspecified atom stereocenters. The smallest absolute Gasteiger partial charge is 0.257 e. The number of amides is 1. The maximum Gasteiger partial charge on any atom is 0.257 e. The third-order valence-corrected chi connectivity index (χ3v) is 3.03. The molecular formula is C13H10FN3O2S. The Hall–Kier alpha value is -2.30. The highest BCUT2D eigenvalue weighted by Gasteiger charge is 2.11. The summed E-state index contributed by atoms with van der Waals surface area (Å²) in [5.74, 6) is 3.71. The summed E-state index contributed by atoms with van der Waals surface area (Å²) in [6, 6.07) is 3.93. The molecule has 1 amide bonds. The Kier molecular flexibility index (Phi) is 4.40. The average Bonchev–Trinajstić information content (AvgIpc) is 2.82. The third-order valence-electron chi connectivity index (χ3n) is 2.28. The number of halogens is 1. The predicted octanol–water partition coefficient (Wildman–Crippen LogP) is 1.58. The van der Waals surface area contributed by atoms with E-state index < -0.39 is 11.7 Å². The predicted molar refractivity (Wildman–Crippen MR) is 73.0 cm³/mol. The Morgan fingerprint density at radius 1 is 1.50 bits per heavy atom. The van der Waals surface area contributed by atoms with Crippen molar-refractivity contribution < 1.29 is 14.3 Å². The zero-order chi connectivity index (χ0) is 14.5. The molecule has 0 saturated heterocycles. The van der Waals surface area contributed by atoms with E-state index in [9.17, 15) is 9.18 Å². The Bertz CT molecular complexity index is 703. The second-order valence-corrected chi connectivity index (χ2v) is 4.92. The monoisotopic (exact) mass is 291 g/mol. The number of nitrogens with zero attached hydrogens (tertiary/aromatic N) is 2. The van der Waals surface area contributed by atoms with E-state index in [4.69, 9.17) is 5.11 Å². The highest BCUT2D eigenvalue weighted by molar-refractivity contribution is 7.15. The minimum Gasteiger partial charge on any atom is -0.384 e. The molecule has 0 atom stereocenters. The number of aliphatic hydroxyl groups excluding tert-OH is 1. The number of hydrogen-bond acceptors (Lipinski definition) is 5. The molecule has 20 heavy (non-hydrogen) atoms. The lowest BCUT2D eigenvalue weighted by Gasteiger charge is -2.02. The van der Waals surface area contributed by atoms with E-state index in [1.807, 2.05) is 0 Å². The zero-order valence-electron chi connectivity index (χ0n) is 10.5. The van der Waals surface area contributed by atoms with E-state index in [-0.39, 0.29) is 17.7 Å². The van der Waals surface area contributed by atoms with Crippen LogP contribution in [-0.4, -0.2) is 27.8 Å². The van der Waals surface area contributed by atoms with Crippen molar-refractivity contribution in [3.05, 3.63) is 40.2 Å². The SMILES string of the molecule is Cc1nnc(NC(=O)c2ccc(C#CCO)c(F)c2)s1. The molecule has 2 aromatic rings. The van der Waals surface area contributed by atoms with E-state index >= 15 is 0 Å². The first-order valence-electron chi connectivity index (χ1n) is 5.61. The first-order valence-corrected chi connectivity index (χ1v) is 6.42.